The van der Waals surface area contributed by atoms with Gasteiger partial charge in [-0.25, -0.2) is 9.97 Å². The first-order valence-electron chi connectivity index (χ1n) is 6.09. The molecule has 106 valence electrons. The molecule has 0 fully saturated rings. The van der Waals surface area contributed by atoms with Gasteiger partial charge in [0.2, 0.25) is 0 Å². The first kappa shape index (κ1) is 14.6. The van der Waals surface area contributed by atoms with E-state index in [0.717, 1.165) is 15.6 Å². The van der Waals surface area contributed by atoms with E-state index in [0.29, 0.717) is 27.5 Å². The Morgan fingerprint density at radius 2 is 1.81 bits per heavy atom. The van der Waals surface area contributed by atoms with Gasteiger partial charge in [-0.15, -0.1) is 0 Å². The summed E-state index contributed by atoms with van der Waals surface area (Å²) in [7, 11) is 0. The van der Waals surface area contributed by atoms with Crippen LogP contribution in [0.25, 0.3) is 22.7 Å². The lowest BCUT2D eigenvalue weighted by Gasteiger charge is -2.08. The molecule has 0 spiro atoms. The van der Waals surface area contributed by atoms with Crippen LogP contribution in [-0.2, 0) is 0 Å². The molecule has 0 saturated heterocycles. The largest absolute Gasteiger partial charge is 0.461 e. The van der Waals surface area contributed by atoms with Gasteiger partial charge in [0.05, 0.1) is 11.8 Å². The van der Waals surface area contributed by atoms with Crippen molar-refractivity contribution in [3.05, 3.63) is 56.9 Å². The number of benzene rings is 1. The molecule has 3 aromatic rings. The Kier molecular flexibility index (Phi) is 4.02. The minimum atomic E-state index is 0.291. The first-order chi connectivity index (χ1) is 10.1. The molecule has 0 atom stereocenters. The zero-order valence-electron chi connectivity index (χ0n) is 10.9. The van der Waals surface area contributed by atoms with Crippen molar-refractivity contribution in [3.8, 4) is 22.7 Å². The van der Waals surface area contributed by atoms with Crippen molar-refractivity contribution < 1.29 is 4.42 Å². The quantitative estimate of drug-likeness (QED) is 0.526. The fourth-order valence-electron chi connectivity index (χ4n) is 1.99. The number of halogens is 3. The Morgan fingerprint density at radius 3 is 2.38 bits per heavy atom. The molecule has 0 amide bonds. The van der Waals surface area contributed by atoms with Crippen LogP contribution < -0.4 is 0 Å². The van der Waals surface area contributed by atoms with Crippen LogP contribution in [0, 0.1) is 6.92 Å². The molecule has 3 rings (SSSR count). The van der Waals surface area contributed by atoms with Gasteiger partial charge in [0.1, 0.15) is 10.3 Å². The molecule has 0 aliphatic rings. The molecular formula is C15H9BrCl2N2O. The van der Waals surface area contributed by atoms with Crippen LogP contribution in [0.15, 0.2) is 45.5 Å². The van der Waals surface area contributed by atoms with E-state index in [9.17, 15) is 0 Å². The summed E-state index contributed by atoms with van der Waals surface area (Å²) < 4.78 is 6.30. The van der Waals surface area contributed by atoms with Crippen LogP contribution in [0.5, 0.6) is 0 Å². The maximum atomic E-state index is 6.30. The number of hydrogen-bond donors (Lipinski definition) is 0. The van der Waals surface area contributed by atoms with Gasteiger partial charge in [0.25, 0.3) is 0 Å². The number of hydrogen-bond acceptors (Lipinski definition) is 3. The summed E-state index contributed by atoms with van der Waals surface area (Å²) in [6, 6.07) is 9.47. The third-order valence-electron chi connectivity index (χ3n) is 3.00. The topological polar surface area (TPSA) is 38.9 Å². The number of rotatable bonds is 2. The van der Waals surface area contributed by atoms with Gasteiger partial charge in [0.15, 0.2) is 11.6 Å². The van der Waals surface area contributed by atoms with Gasteiger partial charge in [-0.3, -0.25) is 0 Å². The van der Waals surface area contributed by atoms with Gasteiger partial charge < -0.3 is 4.42 Å². The third kappa shape index (κ3) is 2.84. The number of furan rings is 1. The Hall–Kier alpha value is -1.36. The standard InChI is InChI=1S/C15H9BrCl2N2O/c1-8-5-6-21-12(8)15-19-13(17)11(14(18)20-15)9-3-2-4-10(16)7-9/h2-7H,1H3. The van der Waals surface area contributed by atoms with Crippen LogP contribution >= 0.6 is 39.1 Å². The van der Waals surface area contributed by atoms with E-state index < -0.39 is 0 Å². The van der Waals surface area contributed by atoms with Gasteiger partial charge in [-0.2, -0.15) is 0 Å². The van der Waals surface area contributed by atoms with Crippen LogP contribution in [0.1, 0.15) is 5.56 Å². The fraction of sp³-hybridized carbons (Fsp3) is 0.0667. The highest BCUT2D eigenvalue weighted by Gasteiger charge is 2.17. The molecule has 6 heteroatoms. The summed E-state index contributed by atoms with van der Waals surface area (Å²) in [6.45, 7) is 1.91. The second kappa shape index (κ2) is 5.79. The molecule has 0 radical (unpaired) electrons. The Morgan fingerprint density at radius 1 is 1.10 bits per heavy atom. The molecule has 0 aliphatic heterocycles. The van der Waals surface area contributed by atoms with Crippen molar-refractivity contribution in [1.82, 2.24) is 9.97 Å². The molecule has 1 aromatic carbocycles. The van der Waals surface area contributed by atoms with Crippen molar-refractivity contribution in [1.29, 1.82) is 0 Å². The van der Waals surface area contributed by atoms with Crippen molar-refractivity contribution in [3.63, 3.8) is 0 Å². The van der Waals surface area contributed by atoms with Gasteiger partial charge in [-0.05, 0) is 36.2 Å². The van der Waals surface area contributed by atoms with E-state index >= 15 is 0 Å². The van der Waals surface area contributed by atoms with Crippen molar-refractivity contribution >= 4 is 39.1 Å². The van der Waals surface area contributed by atoms with E-state index in [-0.39, 0.29) is 0 Å². The first-order valence-corrected chi connectivity index (χ1v) is 7.64. The number of aromatic nitrogens is 2. The predicted molar refractivity (Wildman–Crippen MR) is 87.6 cm³/mol. The lowest BCUT2D eigenvalue weighted by molar-refractivity contribution is 0.575. The van der Waals surface area contributed by atoms with Gasteiger partial charge >= 0.3 is 0 Å². The Bertz CT molecular complexity index is 794. The van der Waals surface area contributed by atoms with E-state index in [1.807, 2.05) is 37.3 Å². The van der Waals surface area contributed by atoms with Crippen molar-refractivity contribution in [2.75, 3.05) is 0 Å². The second-order valence-corrected chi connectivity index (χ2v) is 6.08. The molecule has 0 unspecified atom stereocenters. The molecule has 2 aromatic heterocycles. The zero-order chi connectivity index (χ0) is 15.0. The molecule has 0 bridgehead atoms. The SMILES string of the molecule is Cc1ccoc1-c1nc(Cl)c(-c2cccc(Br)c2)c(Cl)n1. The summed E-state index contributed by atoms with van der Waals surface area (Å²) in [5.74, 6) is 0.950. The maximum absolute atomic E-state index is 6.30. The van der Waals surface area contributed by atoms with E-state index in [2.05, 4.69) is 25.9 Å². The number of aryl methyl sites for hydroxylation is 1. The van der Waals surface area contributed by atoms with Gasteiger partial charge in [-0.1, -0.05) is 51.3 Å². The number of nitrogens with zero attached hydrogens (tertiary/aromatic N) is 2. The zero-order valence-corrected chi connectivity index (χ0v) is 14.0. The molecule has 0 aliphatic carbocycles. The van der Waals surface area contributed by atoms with E-state index in [1.165, 1.54) is 0 Å². The molecule has 0 saturated carbocycles. The van der Waals surface area contributed by atoms with Crippen LogP contribution in [0.3, 0.4) is 0 Å². The Labute approximate surface area is 140 Å². The molecule has 0 N–H and O–H groups in total. The highest BCUT2D eigenvalue weighted by molar-refractivity contribution is 9.10. The average molecular weight is 384 g/mol. The average Bonchev–Trinajstić information content (AvgIpc) is 2.84. The summed E-state index contributed by atoms with van der Waals surface area (Å²) in [6.07, 6.45) is 1.58. The molecule has 3 nitrogen and oxygen atoms in total. The Balaban J connectivity index is 2.15. The van der Waals surface area contributed by atoms with E-state index in [1.54, 1.807) is 6.26 Å². The minimum Gasteiger partial charge on any atom is -0.461 e. The minimum absolute atomic E-state index is 0.291. The lowest BCUT2D eigenvalue weighted by Crippen LogP contribution is -1.94. The summed E-state index contributed by atoms with van der Waals surface area (Å²) in [4.78, 5) is 8.61. The van der Waals surface area contributed by atoms with Crippen LogP contribution in [0.4, 0.5) is 0 Å². The maximum Gasteiger partial charge on any atom is 0.198 e. The second-order valence-electron chi connectivity index (χ2n) is 4.45. The predicted octanol–water partition coefficient (Wildman–Crippen LogP) is 5.78. The molecular weight excluding hydrogens is 375 g/mol. The monoisotopic (exact) mass is 382 g/mol. The normalized spacial score (nSPS) is 10.9. The molecule has 2 heterocycles. The van der Waals surface area contributed by atoms with E-state index in [4.69, 9.17) is 27.6 Å². The van der Waals surface area contributed by atoms with Crippen LogP contribution in [-0.4, -0.2) is 9.97 Å². The summed E-state index contributed by atoms with van der Waals surface area (Å²) in [5, 5.41) is 0.581. The fourth-order valence-corrected chi connectivity index (χ4v) is 3.00. The van der Waals surface area contributed by atoms with Crippen molar-refractivity contribution in [2.45, 2.75) is 6.92 Å². The molecule has 21 heavy (non-hydrogen) atoms. The highest BCUT2D eigenvalue weighted by Crippen LogP contribution is 2.35. The van der Waals surface area contributed by atoms with Crippen LogP contribution in [0.2, 0.25) is 10.3 Å². The highest BCUT2D eigenvalue weighted by atomic mass is 79.9. The lowest BCUT2D eigenvalue weighted by atomic mass is 10.1. The smallest absolute Gasteiger partial charge is 0.198 e. The van der Waals surface area contributed by atoms with Gasteiger partial charge in [0, 0.05) is 4.47 Å². The van der Waals surface area contributed by atoms with Crippen molar-refractivity contribution in [2.24, 2.45) is 0 Å². The summed E-state index contributed by atoms with van der Waals surface area (Å²) >= 11 is 16.0. The summed E-state index contributed by atoms with van der Waals surface area (Å²) in [5.41, 5.74) is 2.38. The third-order valence-corrected chi connectivity index (χ3v) is 4.04.